The number of hydrogen-bond donors (Lipinski definition) is 1. The van der Waals surface area contributed by atoms with Gasteiger partial charge in [-0.2, -0.15) is 0 Å². The van der Waals surface area contributed by atoms with E-state index in [0.29, 0.717) is 22.7 Å². The molecule has 1 atom stereocenters. The first-order valence-corrected chi connectivity index (χ1v) is 10.4. The van der Waals surface area contributed by atoms with Crippen LogP contribution in [0.15, 0.2) is 57.7 Å². The van der Waals surface area contributed by atoms with Gasteiger partial charge in [0.1, 0.15) is 11.3 Å². The molecule has 0 unspecified atom stereocenters. The number of carbonyl (C=O) groups excluding carboxylic acids is 1. The van der Waals surface area contributed by atoms with Gasteiger partial charge >= 0.3 is 5.63 Å². The van der Waals surface area contributed by atoms with Crippen LogP contribution in [0.2, 0.25) is 0 Å². The summed E-state index contributed by atoms with van der Waals surface area (Å²) in [6, 6.07) is 14.1. The van der Waals surface area contributed by atoms with Crippen LogP contribution in [-0.2, 0) is 4.79 Å². The Morgan fingerprint density at radius 3 is 2.52 bits per heavy atom. The van der Waals surface area contributed by atoms with Crippen LogP contribution < -0.4 is 20.6 Å². The molecule has 2 aromatic carbocycles. The second kappa shape index (κ2) is 9.66. The van der Waals surface area contributed by atoms with Crippen molar-refractivity contribution in [3.63, 3.8) is 0 Å². The monoisotopic (exact) mass is 423 g/mol. The molecule has 1 amide bonds. The lowest BCUT2D eigenvalue weighted by Gasteiger charge is -2.26. The summed E-state index contributed by atoms with van der Waals surface area (Å²) in [5, 5.41) is 3.81. The van der Waals surface area contributed by atoms with Crippen LogP contribution in [0.4, 0.5) is 17.1 Å². The van der Waals surface area contributed by atoms with Crippen molar-refractivity contribution in [3.8, 4) is 5.75 Å². The fourth-order valence-electron chi connectivity index (χ4n) is 3.69. The van der Waals surface area contributed by atoms with E-state index in [4.69, 9.17) is 9.15 Å². The molecule has 0 fully saturated rings. The molecule has 7 nitrogen and oxygen atoms in total. The third-order valence-corrected chi connectivity index (χ3v) is 5.56. The predicted octanol–water partition coefficient (Wildman–Crippen LogP) is 4.24. The Morgan fingerprint density at radius 1 is 1.13 bits per heavy atom. The number of benzene rings is 2. The average molecular weight is 424 g/mol. The molecule has 0 bridgehead atoms. The van der Waals surface area contributed by atoms with Gasteiger partial charge in [0.2, 0.25) is 5.91 Å². The van der Waals surface area contributed by atoms with Gasteiger partial charge in [0.15, 0.2) is 0 Å². The van der Waals surface area contributed by atoms with Crippen molar-refractivity contribution < 1.29 is 13.9 Å². The van der Waals surface area contributed by atoms with E-state index in [1.807, 2.05) is 63.1 Å². The summed E-state index contributed by atoms with van der Waals surface area (Å²) in [5.74, 6) is 0.460. The maximum Gasteiger partial charge on any atom is 0.338 e. The molecule has 0 aliphatic rings. The quantitative estimate of drug-likeness (QED) is 0.546. The predicted molar refractivity (Wildman–Crippen MR) is 125 cm³/mol. The largest absolute Gasteiger partial charge is 0.495 e. The Labute approximate surface area is 182 Å². The third kappa shape index (κ3) is 4.72. The van der Waals surface area contributed by atoms with Crippen molar-refractivity contribution in [3.05, 3.63) is 59.0 Å². The van der Waals surface area contributed by atoms with E-state index in [-0.39, 0.29) is 11.9 Å². The van der Waals surface area contributed by atoms with Crippen LogP contribution in [-0.4, -0.2) is 44.1 Å². The second-order valence-electron chi connectivity index (χ2n) is 7.28. The highest BCUT2D eigenvalue weighted by molar-refractivity contribution is 5.97. The number of hydrogen-bond acceptors (Lipinski definition) is 6. The summed E-state index contributed by atoms with van der Waals surface area (Å²) in [4.78, 5) is 28.9. The topological polar surface area (TPSA) is 75.0 Å². The van der Waals surface area contributed by atoms with Gasteiger partial charge in [-0.3, -0.25) is 9.69 Å². The Bertz CT molecular complexity index is 1120. The van der Waals surface area contributed by atoms with E-state index in [0.717, 1.165) is 24.2 Å². The zero-order chi connectivity index (χ0) is 22.5. The van der Waals surface area contributed by atoms with Crippen molar-refractivity contribution in [1.29, 1.82) is 0 Å². The number of anilines is 3. The lowest BCUT2D eigenvalue weighted by molar-refractivity contribution is -0.120. The number of rotatable bonds is 8. The molecule has 0 aliphatic carbocycles. The highest BCUT2D eigenvalue weighted by Gasteiger charge is 2.21. The molecule has 0 saturated carbocycles. The van der Waals surface area contributed by atoms with Crippen LogP contribution in [0.3, 0.4) is 0 Å². The van der Waals surface area contributed by atoms with E-state index < -0.39 is 5.63 Å². The maximum absolute atomic E-state index is 12.8. The summed E-state index contributed by atoms with van der Waals surface area (Å²) < 4.78 is 10.8. The van der Waals surface area contributed by atoms with Gasteiger partial charge in [-0.05, 0) is 50.3 Å². The van der Waals surface area contributed by atoms with E-state index in [9.17, 15) is 9.59 Å². The third-order valence-electron chi connectivity index (χ3n) is 5.56. The molecule has 164 valence electrons. The Balaban J connectivity index is 1.97. The van der Waals surface area contributed by atoms with Crippen molar-refractivity contribution in [2.24, 2.45) is 0 Å². The Kier molecular flexibility index (Phi) is 6.97. The summed E-state index contributed by atoms with van der Waals surface area (Å²) in [5.41, 5.74) is 2.18. The fraction of sp³-hybridized carbons (Fsp3) is 0.333. The first-order chi connectivity index (χ1) is 14.9. The molecule has 1 N–H and O–H groups in total. The second-order valence-corrected chi connectivity index (χ2v) is 7.28. The molecule has 0 radical (unpaired) electrons. The molecule has 31 heavy (non-hydrogen) atoms. The number of carbonyl (C=O) groups is 1. The summed E-state index contributed by atoms with van der Waals surface area (Å²) >= 11 is 0. The van der Waals surface area contributed by atoms with E-state index in [2.05, 4.69) is 10.2 Å². The summed E-state index contributed by atoms with van der Waals surface area (Å²) in [6.07, 6.45) is 0. The van der Waals surface area contributed by atoms with Crippen LogP contribution in [0.1, 0.15) is 20.8 Å². The number of fused-ring (bicyclic) bond motifs is 1. The van der Waals surface area contributed by atoms with Gasteiger partial charge in [0.05, 0.1) is 24.5 Å². The molecular weight excluding hydrogens is 394 g/mol. The number of nitrogens with one attached hydrogen (secondary N) is 1. The molecular formula is C24H29N3O4. The molecule has 1 aromatic heterocycles. The minimum Gasteiger partial charge on any atom is -0.495 e. The molecule has 0 aliphatic heterocycles. The highest BCUT2D eigenvalue weighted by Crippen LogP contribution is 2.34. The standard InChI is InChI=1S/C24H29N3O4/c1-6-27(7-2)16(3)24(29)25-19-14-17(12-13-22(19)30-5)26(4)20-15-23(28)31-21-11-9-8-10-18(20)21/h8-16H,6-7H2,1-5H3,(H,25,29)/t16-/m0/s1. The van der Waals surface area contributed by atoms with Gasteiger partial charge in [-0.15, -0.1) is 0 Å². The van der Waals surface area contributed by atoms with Crippen molar-refractivity contribution in [2.45, 2.75) is 26.8 Å². The summed E-state index contributed by atoms with van der Waals surface area (Å²) in [7, 11) is 3.44. The number of para-hydroxylation sites is 1. The van der Waals surface area contributed by atoms with Crippen LogP contribution >= 0.6 is 0 Å². The number of ether oxygens (including phenoxy) is 1. The first kappa shape index (κ1) is 22.4. The molecule has 0 spiro atoms. The van der Waals surface area contributed by atoms with Crippen LogP contribution in [0.25, 0.3) is 11.0 Å². The van der Waals surface area contributed by atoms with Gasteiger partial charge in [-0.25, -0.2) is 4.79 Å². The first-order valence-electron chi connectivity index (χ1n) is 10.4. The summed E-state index contributed by atoms with van der Waals surface area (Å²) in [6.45, 7) is 7.53. The van der Waals surface area contributed by atoms with Gasteiger partial charge in [0, 0.05) is 24.2 Å². The number of methoxy groups -OCH3 is 1. The van der Waals surface area contributed by atoms with Gasteiger partial charge in [-0.1, -0.05) is 26.0 Å². The fourth-order valence-corrected chi connectivity index (χ4v) is 3.69. The van der Waals surface area contributed by atoms with Crippen molar-refractivity contribution >= 4 is 33.9 Å². The molecule has 1 heterocycles. The molecule has 7 heteroatoms. The van der Waals surface area contributed by atoms with Crippen molar-refractivity contribution in [1.82, 2.24) is 4.90 Å². The minimum absolute atomic E-state index is 0.104. The van der Waals surface area contributed by atoms with E-state index >= 15 is 0 Å². The van der Waals surface area contributed by atoms with Crippen molar-refractivity contribution in [2.75, 3.05) is 37.5 Å². The smallest absolute Gasteiger partial charge is 0.338 e. The van der Waals surface area contributed by atoms with Gasteiger partial charge < -0.3 is 19.4 Å². The van der Waals surface area contributed by atoms with Crippen LogP contribution in [0.5, 0.6) is 5.75 Å². The molecule has 3 aromatic rings. The zero-order valence-electron chi connectivity index (χ0n) is 18.6. The Morgan fingerprint density at radius 2 is 1.84 bits per heavy atom. The van der Waals surface area contributed by atoms with Gasteiger partial charge in [0.25, 0.3) is 0 Å². The minimum atomic E-state index is -0.421. The number of amides is 1. The molecule has 3 rings (SSSR count). The number of likely N-dealkylation sites (N-methyl/N-ethyl adjacent to an activating group) is 1. The highest BCUT2D eigenvalue weighted by atomic mass is 16.5. The Hall–Kier alpha value is -3.32. The van der Waals surface area contributed by atoms with E-state index in [1.54, 1.807) is 19.2 Å². The average Bonchev–Trinajstić information content (AvgIpc) is 2.78. The lowest BCUT2D eigenvalue weighted by atomic mass is 10.1. The maximum atomic E-state index is 12.8. The lowest BCUT2D eigenvalue weighted by Crippen LogP contribution is -2.41. The van der Waals surface area contributed by atoms with E-state index in [1.165, 1.54) is 6.07 Å². The van der Waals surface area contributed by atoms with Crippen LogP contribution in [0, 0.1) is 0 Å². The number of nitrogens with zero attached hydrogens (tertiary/aromatic N) is 2. The zero-order valence-corrected chi connectivity index (χ0v) is 18.6. The normalized spacial score (nSPS) is 12.1. The SMILES string of the molecule is CCN(CC)[C@@H](C)C(=O)Nc1cc(N(C)c2cc(=O)oc3ccccc23)ccc1OC. The molecule has 0 saturated heterocycles.